The predicted octanol–water partition coefficient (Wildman–Crippen LogP) is 2.58. The molecular weight excluding hydrogens is 206 g/mol. The monoisotopic (exact) mass is 231 g/mol. The van der Waals surface area contributed by atoms with Crippen LogP contribution in [0.5, 0.6) is 0 Å². The molecule has 0 aromatic heterocycles. The van der Waals surface area contributed by atoms with Crippen LogP contribution in [-0.2, 0) is 9.47 Å². The second-order valence-electron chi connectivity index (χ2n) is 3.93. The molecule has 4 heteroatoms. The van der Waals surface area contributed by atoms with Gasteiger partial charge in [-0.1, -0.05) is 33.1 Å². The van der Waals surface area contributed by atoms with E-state index in [1.807, 2.05) is 0 Å². The third kappa shape index (κ3) is 8.53. The zero-order valence-corrected chi connectivity index (χ0v) is 10.8. The van der Waals surface area contributed by atoms with Gasteiger partial charge in [0.05, 0.1) is 6.61 Å². The standard InChI is InChI=1S/C12H25NO3/c1-4-6-7-11(5-2)10-13-12(14)16-9-8-15-3/h11H,4-10H2,1-3H3,(H,13,14). The quantitative estimate of drug-likeness (QED) is 0.620. The van der Waals surface area contributed by atoms with E-state index < -0.39 is 0 Å². The van der Waals surface area contributed by atoms with Gasteiger partial charge < -0.3 is 14.8 Å². The van der Waals surface area contributed by atoms with Crippen LogP contribution in [0.3, 0.4) is 0 Å². The molecule has 0 heterocycles. The number of unbranched alkanes of at least 4 members (excludes halogenated alkanes) is 1. The first-order chi connectivity index (χ1) is 7.74. The minimum absolute atomic E-state index is 0.314. The summed E-state index contributed by atoms with van der Waals surface area (Å²) >= 11 is 0. The van der Waals surface area contributed by atoms with Crippen LogP contribution < -0.4 is 5.32 Å². The second-order valence-corrected chi connectivity index (χ2v) is 3.93. The summed E-state index contributed by atoms with van der Waals surface area (Å²) in [6.07, 6.45) is 4.35. The molecule has 0 radical (unpaired) electrons. The lowest BCUT2D eigenvalue weighted by Gasteiger charge is -2.15. The molecule has 0 rings (SSSR count). The van der Waals surface area contributed by atoms with Crippen LogP contribution in [0.15, 0.2) is 0 Å². The number of rotatable bonds is 9. The van der Waals surface area contributed by atoms with Crippen LogP contribution in [-0.4, -0.2) is 33.0 Å². The minimum atomic E-state index is -0.341. The van der Waals surface area contributed by atoms with Crippen LogP contribution in [0.2, 0.25) is 0 Å². The normalized spacial score (nSPS) is 12.2. The van der Waals surface area contributed by atoms with Crippen molar-refractivity contribution in [3.63, 3.8) is 0 Å². The first-order valence-electron chi connectivity index (χ1n) is 6.14. The Balaban J connectivity index is 3.54. The van der Waals surface area contributed by atoms with Gasteiger partial charge in [0.15, 0.2) is 0 Å². The van der Waals surface area contributed by atoms with Gasteiger partial charge in [-0.25, -0.2) is 4.79 Å². The van der Waals surface area contributed by atoms with E-state index in [1.165, 1.54) is 19.3 Å². The maximum Gasteiger partial charge on any atom is 0.407 e. The van der Waals surface area contributed by atoms with Gasteiger partial charge >= 0.3 is 6.09 Å². The Morgan fingerprint density at radius 1 is 1.31 bits per heavy atom. The molecule has 0 aliphatic rings. The Hall–Kier alpha value is -0.770. The van der Waals surface area contributed by atoms with Crippen molar-refractivity contribution in [3.05, 3.63) is 0 Å². The van der Waals surface area contributed by atoms with Crippen molar-refractivity contribution in [2.24, 2.45) is 5.92 Å². The summed E-state index contributed by atoms with van der Waals surface area (Å²) in [7, 11) is 1.58. The Labute approximate surface area is 98.7 Å². The van der Waals surface area contributed by atoms with Crippen LogP contribution >= 0.6 is 0 Å². The molecule has 96 valence electrons. The number of hydrogen-bond donors (Lipinski definition) is 1. The molecule has 0 aromatic carbocycles. The van der Waals surface area contributed by atoms with Gasteiger partial charge in [-0.05, 0) is 12.3 Å². The molecule has 16 heavy (non-hydrogen) atoms. The van der Waals surface area contributed by atoms with Crippen molar-refractivity contribution < 1.29 is 14.3 Å². The molecule has 1 unspecified atom stereocenters. The number of alkyl carbamates (subject to hydrolysis) is 1. The largest absolute Gasteiger partial charge is 0.447 e. The Bertz CT molecular complexity index is 174. The van der Waals surface area contributed by atoms with E-state index in [2.05, 4.69) is 19.2 Å². The highest BCUT2D eigenvalue weighted by Crippen LogP contribution is 2.11. The van der Waals surface area contributed by atoms with Gasteiger partial charge in [0.2, 0.25) is 0 Å². The van der Waals surface area contributed by atoms with E-state index >= 15 is 0 Å². The van der Waals surface area contributed by atoms with E-state index in [1.54, 1.807) is 7.11 Å². The number of nitrogens with one attached hydrogen (secondary N) is 1. The van der Waals surface area contributed by atoms with E-state index in [0.717, 1.165) is 6.42 Å². The fourth-order valence-corrected chi connectivity index (χ4v) is 1.44. The summed E-state index contributed by atoms with van der Waals surface area (Å²) in [4.78, 5) is 11.2. The average Bonchev–Trinajstić information content (AvgIpc) is 2.30. The van der Waals surface area contributed by atoms with Gasteiger partial charge in [-0.2, -0.15) is 0 Å². The molecule has 0 saturated heterocycles. The van der Waals surface area contributed by atoms with Crippen molar-refractivity contribution in [2.75, 3.05) is 26.9 Å². The first kappa shape index (κ1) is 15.2. The van der Waals surface area contributed by atoms with Gasteiger partial charge in [-0.15, -0.1) is 0 Å². The maximum absolute atomic E-state index is 11.2. The third-order valence-corrected chi connectivity index (χ3v) is 2.60. The van der Waals surface area contributed by atoms with Gasteiger partial charge in [0.1, 0.15) is 6.61 Å². The van der Waals surface area contributed by atoms with E-state index in [4.69, 9.17) is 9.47 Å². The summed E-state index contributed by atoms with van der Waals surface area (Å²) in [6, 6.07) is 0. The van der Waals surface area contributed by atoms with E-state index in [-0.39, 0.29) is 6.09 Å². The number of carbonyl (C=O) groups is 1. The minimum Gasteiger partial charge on any atom is -0.447 e. The van der Waals surface area contributed by atoms with Gasteiger partial charge in [-0.3, -0.25) is 0 Å². The molecule has 1 amide bonds. The molecule has 0 fully saturated rings. The first-order valence-corrected chi connectivity index (χ1v) is 6.14. The number of ether oxygens (including phenoxy) is 2. The van der Waals surface area contributed by atoms with Gasteiger partial charge in [0.25, 0.3) is 0 Å². The fraction of sp³-hybridized carbons (Fsp3) is 0.917. The summed E-state index contributed by atoms with van der Waals surface area (Å²) < 4.78 is 9.69. The molecule has 1 N–H and O–H groups in total. The van der Waals surface area contributed by atoms with Gasteiger partial charge in [0, 0.05) is 13.7 Å². The SMILES string of the molecule is CCCCC(CC)CNC(=O)OCCOC. The highest BCUT2D eigenvalue weighted by molar-refractivity contribution is 5.67. The zero-order chi connectivity index (χ0) is 12.2. The average molecular weight is 231 g/mol. The molecule has 0 aliphatic heterocycles. The molecule has 1 atom stereocenters. The predicted molar refractivity (Wildman–Crippen MR) is 64.5 cm³/mol. The lowest BCUT2D eigenvalue weighted by Crippen LogP contribution is -2.30. The molecular formula is C12H25NO3. The highest BCUT2D eigenvalue weighted by Gasteiger charge is 2.08. The molecule has 4 nitrogen and oxygen atoms in total. The van der Waals surface area contributed by atoms with Crippen molar-refractivity contribution in [1.82, 2.24) is 5.32 Å². The van der Waals surface area contributed by atoms with Crippen molar-refractivity contribution >= 4 is 6.09 Å². The molecule has 0 bridgehead atoms. The van der Waals surface area contributed by atoms with E-state index in [0.29, 0.717) is 25.7 Å². The smallest absolute Gasteiger partial charge is 0.407 e. The summed E-state index contributed by atoms with van der Waals surface area (Å²) in [6.45, 7) is 5.80. The lowest BCUT2D eigenvalue weighted by molar-refractivity contribution is 0.0976. The van der Waals surface area contributed by atoms with Crippen LogP contribution in [0.1, 0.15) is 39.5 Å². The molecule has 0 spiro atoms. The van der Waals surface area contributed by atoms with Crippen LogP contribution in [0.4, 0.5) is 4.79 Å². The number of methoxy groups -OCH3 is 1. The number of carbonyl (C=O) groups excluding carboxylic acids is 1. The van der Waals surface area contributed by atoms with Crippen LogP contribution in [0.25, 0.3) is 0 Å². The Kier molecular flexibility index (Phi) is 10.2. The lowest BCUT2D eigenvalue weighted by atomic mass is 10.00. The zero-order valence-electron chi connectivity index (χ0n) is 10.8. The van der Waals surface area contributed by atoms with Crippen LogP contribution in [0, 0.1) is 5.92 Å². The highest BCUT2D eigenvalue weighted by atomic mass is 16.6. The molecule has 0 saturated carbocycles. The molecule has 0 aromatic rings. The number of amides is 1. The molecule has 0 aliphatic carbocycles. The third-order valence-electron chi connectivity index (χ3n) is 2.60. The Morgan fingerprint density at radius 3 is 2.62 bits per heavy atom. The summed E-state index contributed by atoms with van der Waals surface area (Å²) in [5.41, 5.74) is 0. The van der Waals surface area contributed by atoms with Crippen molar-refractivity contribution in [1.29, 1.82) is 0 Å². The topological polar surface area (TPSA) is 47.6 Å². The van der Waals surface area contributed by atoms with E-state index in [9.17, 15) is 4.79 Å². The van der Waals surface area contributed by atoms with Crippen molar-refractivity contribution in [2.45, 2.75) is 39.5 Å². The summed E-state index contributed by atoms with van der Waals surface area (Å²) in [5.74, 6) is 0.565. The number of hydrogen-bond acceptors (Lipinski definition) is 3. The summed E-state index contributed by atoms with van der Waals surface area (Å²) in [5, 5.41) is 2.78. The maximum atomic E-state index is 11.2. The second kappa shape index (κ2) is 10.7. The van der Waals surface area contributed by atoms with Crippen molar-refractivity contribution in [3.8, 4) is 0 Å². The fourth-order valence-electron chi connectivity index (χ4n) is 1.44. The Morgan fingerprint density at radius 2 is 2.06 bits per heavy atom.